The van der Waals surface area contributed by atoms with E-state index >= 15 is 0 Å². The molecule has 2 aromatic carbocycles. The quantitative estimate of drug-likeness (QED) is 0.502. The molecule has 27 heavy (non-hydrogen) atoms. The van der Waals surface area contributed by atoms with Gasteiger partial charge in [-0.15, -0.1) is 0 Å². The largest absolute Gasteiger partial charge is 0.484 e. The van der Waals surface area contributed by atoms with Crippen molar-refractivity contribution >= 4 is 41.0 Å². The van der Waals surface area contributed by atoms with Gasteiger partial charge in [0.15, 0.2) is 11.7 Å². The van der Waals surface area contributed by atoms with Crippen LogP contribution in [0.1, 0.15) is 18.1 Å². The van der Waals surface area contributed by atoms with Gasteiger partial charge in [-0.25, -0.2) is 4.79 Å². The van der Waals surface area contributed by atoms with Crippen LogP contribution in [0.25, 0.3) is 6.08 Å². The number of amides is 1. The molecule has 0 heterocycles. The lowest BCUT2D eigenvalue weighted by Crippen LogP contribution is -2.37. The van der Waals surface area contributed by atoms with E-state index in [-0.39, 0.29) is 17.6 Å². The van der Waals surface area contributed by atoms with Crippen LogP contribution in [0.5, 0.6) is 5.75 Å². The first-order valence-electron chi connectivity index (χ1n) is 8.30. The summed E-state index contributed by atoms with van der Waals surface area (Å²) in [5, 5.41) is 14.2. The molecule has 0 radical (unpaired) electrons. The highest BCUT2D eigenvalue weighted by Gasteiger charge is 2.06. The van der Waals surface area contributed by atoms with Crippen molar-refractivity contribution in [2.75, 3.05) is 11.9 Å². The van der Waals surface area contributed by atoms with Gasteiger partial charge in [-0.05, 0) is 60.1 Å². The predicted molar refractivity (Wildman–Crippen MR) is 109 cm³/mol. The number of carboxylic acids is 1. The van der Waals surface area contributed by atoms with Crippen LogP contribution in [0.3, 0.4) is 0 Å². The van der Waals surface area contributed by atoms with Crippen LogP contribution in [-0.2, 0) is 16.0 Å². The van der Waals surface area contributed by atoms with Gasteiger partial charge >= 0.3 is 5.97 Å². The van der Waals surface area contributed by atoms with Crippen molar-refractivity contribution in [2.24, 2.45) is 0 Å². The van der Waals surface area contributed by atoms with Gasteiger partial charge in [-0.3, -0.25) is 10.1 Å². The number of hydrogen-bond acceptors (Lipinski definition) is 4. The monoisotopic (exact) mass is 384 g/mol. The lowest BCUT2D eigenvalue weighted by molar-refractivity contribution is -0.131. The van der Waals surface area contributed by atoms with E-state index in [0.717, 1.165) is 12.5 Å². The van der Waals surface area contributed by atoms with E-state index in [1.165, 1.54) is 11.6 Å². The first-order chi connectivity index (χ1) is 13.0. The predicted octanol–water partition coefficient (Wildman–Crippen LogP) is 3.24. The van der Waals surface area contributed by atoms with Crippen molar-refractivity contribution in [3.63, 3.8) is 0 Å². The molecule has 0 aliphatic rings. The number of carbonyl (C=O) groups excluding carboxylic acids is 1. The van der Waals surface area contributed by atoms with Gasteiger partial charge in [-0.1, -0.05) is 31.2 Å². The zero-order chi connectivity index (χ0) is 19.6. The Morgan fingerprint density at radius 2 is 1.93 bits per heavy atom. The van der Waals surface area contributed by atoms with Crippen molar-refractivity contribution in [2.45, 2.75) is 13.3 Å². The molecule has 0 saturated carbocycles. The molecule has 0 atom stereocenters. The van der Waals surface area contributed by atoms with Crippen LogP contribution in [0.4, 0.5) is 5.69 Å². The molecular weight excluding hydrogens is 364 g/mol. The summed E-state index contributed by atoms with van der Waals surface area (Å²) in [6, 6.07) is 14.5. The van der Waals surface area contributed by atoms with Gasteiger partial charge in [0, 0.05) is 11.8 Å². The van der Waals surface area contributed by atoms with Crippen LogP contribution in [-0.4, -0.2) is 28.7 Å². The molecule has 0 aliphatic heterocycles. The minimum atomic E-state index is -1.03. The van der Waals surface area contributed by atoms with E-state index in [2.05, 4.69) is 17.6 Å². The van der Waals surface area contributed by atoms with Gasteiger partial charge in [-0.2, -0.15) is 0 Å². The van der Waals surface area contributed by atoms with E-state index in [4.69, 9.17) is 22.1 Å². The number of benzene rings is 2. The summed E-state index contributed by atoms with van der Waals surface area (Å²) in [4.78, 5) is 22.5. The fourth-order valence-electron chi connectivity index (χ4n) is 2.18. The SMILES string of the molecule is CCc1ccc(OCC(=O)NC(=S)Nc2cccc(/C=C/C(=O)O)c2)cc1. The van der Waals surface area contributed by atoms with Gasteiger partial charge in [0.2, 0.25) is 0 Å². The third kappa shape index (κ3) is 7.29. The van der Waals surface area contributed by atoms with Crippen molar-refractivity contribution in [1.82, 2.24) is 5.32 Å². The first kappa shape index (κ1) is 20.1. The maximum Gasteiger partial charge on any atom is 0.328 e. The number of thiocarbonyl (C=S) groups is 1. The number of rotatable bonds is 7. The van der Waals surface area contributed by atoms with Crippen LogP contribution < -0.4 is 15.4 Å². The zero-order valence-electron chi connectivity index (χ0n) is 14.8. The third-order valence-electron chi connectivity index (χ3n) is 3.52. The van der Waals surface area contributed by atoms with Crippen molar-refractivity contribution in [3.05, 3.63) is 65.7 Å². The Balaban J connectivity index is 1.83. The molecule has 2 rings (SSSR count). The van der Waals surface area contributed by atoms with Gasteiger partial charge in [0.1, 0.15) is 5.75 Å². The number of carbonyl (C=O) groups is 2. The normalized spacial score (nSPS) is 10.4. The molecular formula is C20H20N2O4S. The van der Waals surface area contributed by atoms with E-state index in [0.29, 0.717) is 17.0 Å². The van der Waals surface area contributed by atoms with E-state index < -0.39 is 5.97 Å². The average molecular weight is 384 g/mol. The van der Waals surface area contributed by atoms with E-state index in [9.17, 15) is 9.59 Å². The molecule has 0 aromatic heterocycles. The van der Waals surface area contributed by atoms with Crippen molar-refractivity contribution < 1.29 is 19.4 Å². The van der Waals surface area contributed by atoms with Crippen LogP contribution in [0.2, 0.25) is 0 Å². The van der Waals surface area contributed by atoms with Crippen LogP contribution in [0.15, 0.2) is 54.6 Å². The summed E-state index contributed by atoms with van der Waals surface area (Å²) in [6.07, 6.45) is 3.45. The molecule has 1 amide bonds. The Bertz CT molecular complexity index is 847. The molecule has 140 valence electrons. The summed E-state index contributed by atoms with van der Waals surface area (Å²) in [5.41, 5.74) is 2.51. The standard InChI is InChI=1S/C20H20N2O4S/c1-2-14-6-9-17(10-7-14)26-13-18(23)22-20(27)21-16-5-3-4-15(12-16)8-11-19(24)25/h3-12H,2,13H2,1H3,(H,24,25)(H2,21,22,23,27)/b11-8+. The fourth-order valence-corrected chi connectivity index (χ4v) is 2.41. The average Bonchev–Trinajstić information content (AvgIpc) is 2.65. The molecule has 2 aromatic rings. The maximum atomic E-state index is 11.9. The van der Waals surface area contributed by atoms with Gasteiger partial charge < -0.3 is 15.2 Å². The Hall–Kier alpha value is -3.19. The Kier molecular flexibility index (Phi) is 7.51. The van der Waals surface area contributed by atoms with Gasteiger partial charge in [0.05, 0.1) is 0 Å². The molecule has 0 fully saturated rings. The number of nitrogens with one attached hydrogen (secondary N) is 2. The first-order valence-corrected chi connectivity index (χ1v) is 8.70. The molecule has 0 unspecified atom stereocenters. The molecule has 3 N–H and O–H groups in total. The molecule has 7 heteroatoms. The Labute approximate surface area is 162 Å². The lowest BCUT2D eigenvalue weighted by atomic mass is 10.2. The minimum absolute atomic E-state index is 0.129. The van der Waals surface area contributed by atoms with E-state index in [1.807, 2.05) is 24.3 Å². The second-order valence-corrected chi connectivity index (χ2v) is 5.99. The van der Waals surface area contributed by atoms with Crippen molar-refractivity contribution in [3.8, 4) is 5.75 Å². The number of aryl methyl sites for hydroxylation is 1. The highest BCUT2D eigenvalue weighted by Crippen LogP contribution is 2.13. The third-order valence-corrected chi connectivity index (χ3v) is 3.72. The fraction of sp³-hybridized carbons (Fsp3) is 0.150. The maximum absolute atomic E-state index is 11.9. The summed E-state index contributed by atoms with van der Waals surface area (Å²) in [7, 11) is 0. The summed E-state index contributed by atoms with van der Waals surface area (Å²) in [5.74, 6) is -0.798. The van der Waals surface area contributed by atoms with Crippen LogP contribution >= 0.6 is 12.2 Å². The highest BCUT2D eigenvalue weighted by atomic mass is 32.1. The number of hydrogen-bond donors (Lipinski definition) is 3. The molecule has 6 nitrogen and oxygen atoms in total. The topological polar surface area (TPSA) is 87.7 Å². The number of anilines is 1. The number of aliphatic carboxylic acids is 1. The van der Waals surface area contributed by atoms with E-state index in [1.54, 1.807) is 24.3 Å². The number of ether oxygens (including phenoxy) is 1. The molecule has 0 bridgehead atoms. The molecule has 0 saturated heterocycles. The summed E-state index contributed by atoms with van der Waals surface area (Å²) < 4.78 is 5.43. The van der Waals surface area contributed by atoms with Crippen LogP contribution in [0, 0.1) is 0 Å². The van der Waals surface area contributed by atoms with Crippen molar-refractivity contribution in [1.29, 1.82) is 0 Å². The number of carboxylic acid groups (broad SMARTS) is 1. The second-order valence-electron chi connectivity index (χ2n) is 5.59. The Morgan fingerprint density at radius 3 is 2.59 bits per heavy atom. The summed E-state index contributed by atoms with van der Waals surface area (Å²) in [6.45, 7) is 1.91. The highest BCUT2D eigenvalue weighted by molar-refractivity contribution is 7.80. The lowest BCUT2D eigenvalue weighted by Gasteiger charge is -2.11. The smallest absolute Gasteiger partial charge is 0.328 e. The molecule has 0 spiro atoms. The minimum Gasteiger partial charge on any atom is -0.484 e. The summed E-state index contributed by atoms with van der Waals surface area (Å²) >= 11 is 5.11. The second kappa shape index (κ2) is 10.1. The van der Waals surface area contributed by atoms with Gasteiger partial charge in [0.25, 0.3) is 5.91 Å². The molecule has 0 aliphatic carbocycles. The zero-order valence-corrected chi connectivity index (χ0v) is 15.6. The Morgan fingerprint density at radius 1 is 1.19 bits per heavy atom.